The predicted octanol–water partition coefficient (Wildman–Crippen LogP) is 2.39. The van der Waals surface area contributed by atoms with E-state index < -0.39 is 17.6 Å². The smallest absolute Gasteiger partial charge is 0.313 e. The van der Waals surface area contributed by atoms with Crippen molar-refractivity contribution in [1.82, 2.24) is 0 Å². The number of esters is 2. The highest BCUT2D eigenvalue weighted by Crippen LogP contribution is 2.66. The lowest BCUT2D eigenvalue weighted by atomic mass is 9.44. The number of carbonyl (C=O) groups excluding carboxylic acids is 2. The lowest BCUT2D eigenvalue weighted by molar-refractivity contribution is -0.232. The van der Waals surface area contributed by atoms with Crippen LogP contribution in [0.1, 0.15) is 37.9 Å². The molecule has 0 amide bonds. The van der Waals surface area contributed by atoms with E-state index in [1.807, 2.05) is 19.1 Å². The summed E-state index contributed by atoms with van der Waals surface area (Å²) in [6, 6.07) is 1.72. The molecule has 1 spiro atoms. The topological polar surface area (TPSA) is 86.0 Å². The van der Waals surface area contributed by atoms with Gasteiger partial charge in [0.2, 0.25) is 0 Å². The highest BCUT2D eigenvalue weighted by molar-refractivity contribution is 5.79. The van der Waals surface area contributed by atoms with E-state index in [0.29, 0.717) is 18.6 Å². The fourth-order valence-corrected chi connectivity index (χ4v) is 6.10. The van der Waals surface area contributed by atoms with Crippen LogP contribution in [0.5, 0.6) is 0 Å². The van der Waals surface area contributed by atoms with E-state index in [1.54, 1.807) is 6.07 Å². The predicted molar refractivity (Wildman–Crippen MR) is 88.5 cm³/mol. The molecule has 1 aromatic rings. The van der Waals surface area contributed by atoms with Crippen molar-refractivity contribution >= 4 is 11.9 Å². The second kappa shape index (κ2) is 5.22. The van der Waals surface area contributed by atoms with Gasteiger partial charge in [-0.2, -0.15) is 0 Å². The van der Waals surface area contributed by atoms with Crippen molar-refractivity contribution < 1.29 is 28.6 Å². The highest BCUT2D eigenvalue weighted by Gasteiger charge is 2.69. The zero-order chi connectivity index (χ0) is 18.1. The molecule has 0 bridgehead atoms. The molecule has 1 aromatic heterocycles. The summed E-state index contributed by atoms with van der Waals surface area (Å²) in [7, 11) is 0. The Labute approximate surface area is 151 Å². The standard InChI is InChI=1S/C20H22O6/c1-19-12(18(23)26-15(16(19)21)11-6-8-24-9-11)5-7-20-10-25-17(22)13(20)3-2-4-14(19)20/h2-3,6,8-9,12-16,21H,4-5,7,10H2,1H3/t12-,13+,14-,15+,16+,19+,20-/m1/s1. The Bertz CT molecular complexity index is 782. The molecule has 3 fully saturated rings. The number of fused-ring (bicyclic) bond motifs is 2. The zero-order valence-electron chi connectivity index (χ0n) is 14.6. The van der Waals surface area contributed by atoms with Crippen LogP contribution in [-0.2, 0) is 19.1 Å². The average Bonchev–Trinajstić information content (AvgIpc) is 3.27. The van der Waals surface area contributed by atoms with Crippen LogP contribution in [0, 0.1) is 28.6 Å². The van der Waals surface area contributed by atoms with Crippen molar-refractivity contribution in [2.75, 3.05) is 6.61 Å². The molecule has 138 valence electrons. The number of hydrogen-bond acceptors (Lipinski definition) is 6. The number of aliphatic hydroxyl groups excluding tert-OH is 1. The highest BCUT2D eigenvalue weighted by atomic mass is 16.6. The van der Waals surface area contributed by atoms with Gasteiger partial charge < -0.3 is 19.0 Å². The third-order valence-corrected chi connectivity index (χ3v) is 7.47. The second-order valence-electron chi connectivity index (χ2n) is 8.35. The number of cyclic esters (lactones) is 2. The van der Waals surface area contributed by atoms with E-state index in [9.17, 15) is 14.7 Å². The number of ether oxygens (including phenoxy) is 2. The summed E-state index contributed by atoms with van der Waals surface area (Å²) in [4.78, 5) is 25.1. The lowest BCUT2D eigenvalue weighted by Gasteiger charge is -2.60. The molecule has 1 saturated carbocycles. The molecule has 0 unspecified atom stereocenters. The summed E-state index contributed by atoms with van der Waals surface area (Å²) in [5, 5.41) is 11.4. The first-order valence-corrected chi connectivity index (χ1v) is 9.22. The van der Waals surface area contributed by atoms with Crippen LogP contribution < -0.4 is 0 Å². The van der Waals surface area contributed by atoms with Crippen LogP contribution in [0.15, 0.2) is 35.2 Å². The van der Waals surface area contributed by atoms with Crippen LogP contribution in [0.4, 0.5) is 0 Å². The third kappa shape index (κ3) is 1.80. The van der Waals surface area contributed by atoms with Gasteiger partial charge in [-0.1, -0.05) is 19.1 Å². The Morgan fingerprint density at radius 3 is 2.88 bits per heavy atom. The lowest BCUT2D eigenvalue weighted by Crippen LogP contribution is -2.63. The van der Waals surface area contributed by atoms with Crippen molar-refractivity contribution in [3.63, 3.8) is 0 Å². The molecule has 1 N–H and O–H groups in total. The van der Waals surface area contributed by atoms with Crippen molar-refractivity contribution in [2.24, 2.45) is 28.6 Å². The Morgan fingerprint density at radius 1 is 1.27 bits per heavy atom. The Kier molecular flexibility index (Phi) is 3.24. The second-order valence-corrected chi connectivity index (χ2v) is 8.35. The van der Waals surface area contributed by atoms with Gasteiger partial charge in [0.25, 0.3) is 0 Å². The minimum absolute atomic E-state index is 0.0209. The first kappa shape index (κ1) is 16.1. The summed E-state index contributed by atoms with van der Waals surface area (Å²) in [5.41, 5.74) is -0.366. The molecular weight excluding hydrogens is 336 g/mol. The number of hydrogen-bond donors (Lipinski definition) is 1. The van der Waals surface area contributed by atoms with Crippen molar-refractivity contribution in [3.05, 3.63) is 36.3 Å². The van der Waals surface area contributed by atoms with Crippen molar-refractivity contribution in [2.45, 2.75) is 38.4 Å². The van der Waals surface area contributed by atoms with Gasteiger partial charge in [-0.15, -0.1) is 0 Å². The average molecular weight is 358 g/mol. The minimum Gasteiger partial charge on any atom is -0.472 e. The van der Waals surface area contributed by atoms with E-state index >= 15 is 0 Å². The van der Waals surface area contributed by atoms with Gasteiger partial charge in [-0.05, 0) is 31.2 Å². The number of rotatable bonds is 1. The molecule has 7 atom stereocenters. The minimum atomic E-state index is -0.868. The summed E-state index contributed by atoms with van der Waals surface area (Å²) in [5.74, 6) is -1.13. The van der Waals surface area contributed by atoms with E-state index in [0.717, 1.165) is 12.8 Å². The number of allylic oxidation sites excluding steroid dienone is 1. The molecular formula is C20H22O6. The fraction of sp³-hybridized carbons (Fsp3) is 0.600. The van der Waals surface area contributed by atoms with Crippen LogP contribution in [0.25, 0.3) is 0 Å². The maximum absolute atomic E-state index is 12.8. The molecule has 4 aliphatic rings. The van der Waals surface area contributed by atoms with Crippen molar-refractivity contribution in [1.29, 1.82) is 0 Å². The number of furan rings is 1. The monoisotopic (exact) mass is 358 g/mol. The van der Waals surface area contributed by atoms with Gasteiger partial charge in [-0.25, -0.2) is 0 Å². The van der Waals surface area contributed by atoms with E-state index in [2.05, 4.69) is 0 Å². The Morgan fingerprint density at radius 2 is 2.12 bits per heavy atom. The summed E-state index contributed by atoms with van der Waals surface area (Å²) >= 11 is 0. The van der Waals surface area contributed by atoms with Gasteiger partial charge >= 0.3 is 11.9 Å². The molecule has 0 radical (unpaired) electrons. The zero-order valence-corrected chi connectivity index (χ0v) is 14.6. The molecule has 26 heavy (non-hydrogen) atoms. The SMILES string of the molecule is C[C@]12[C@H](CC[C@@]34COC(=O)[C@@H]3C=CC[C@@H]41)C(=O)O[C@@H](c1ccoc1)[C@@H]2O. The maximum atomic E-state index is 12.8. The molecule has 2 aliphatic heterocycles. The first-order valence-electron chi connectivity index (χ1n) is 9.22. The fourth-order valence-electron chi connectivity index (χ4n) is 6.10. The molecule has 5 rings (SSSR count). The molecule has 3 heterocycles. The van der Waals surface area contributed by atoms with E-state index in [1.165, 1.54) is 12.5 Å². The molecule has 6 heteroatoms. The molecule has 2 aliphatic carbocycles. The Hall–Kier alpha value is -2.08. The Balaban J connectivity index is 1.61. The van der Waals surface area contributed by atoms with Crippen LogP contribution in [0.2, 0.25) is 0 Å². The van der Waals surface area contributed by atoms with Crippen molar-refractivity contribution in [3.8, 4) is 0 Å². The third-order valence-electron chi connectivity index (χ3n) is 7.47. The maximum Gasteiger partial charge on any atom is 0.313 e. The van der Waals surface area contributed by atoms with Gasteiger partial charge in [0, 0.05) is 16.4 Å². The van der Waals surface area contributed by atoms with E-state index in [4.69, 9.17) is 13.9 Å². The van der Waals surface area contributed by atoms with Gasteiger partial charge in [0.15, 0.2) is 6.10 Å². The normalized spacial score (nSPS) is 46.8. The van der Waals surface area contributed by atoms with Gasteiger partial charge in [-0.3, -0.25) is 9.59 Å². The van der Waals surface area contributed by atoms with Crippen LogP contribution in [-0.4, -0.2) is 29.8 Å². The first-order chi connectivity index (χ1) is 12.5. The molecule has 2 saturated heterocycles. The van der Waals surface area contributed by atoms with Gasteiger partial charge in [0.1, 0.15) is 6.10 Å². The summed E-state index contributed by atoms with van der Waals surface area (Å²) in [6.07, 6.45) is 7.42. The molecule has 0 aromatic carbocycles. The number of carbonyl (C=O) groups is 2. The van der Waals surface area contributed by atoms with Crippen LogP contribution >= 0.6 is 0 Å². The summed E-state index contributed by atoms with van der Waals surface area (Å²) < 4.78 is 16.2. The van der Waals surface area contributed by atoms with E-state index in [-0.39, 0.29) is 35.1 Å². The van der Waals surface area contributed by atoms with Gasteiger partial charge in [0.05, 0.1) is 31.0 Å². The largest absolute Gasteiger partial charge is 0.472 e. The quantitative estimate of drug-likeness (QED) is 0.613. The summed E-state index contributed by atoms with van der Waals surface area (Å²) in [6.45, 7) is 2.35. The van der Waals surface area contributed by atoms with Crippen LogP contribution in [0.3, 0.4) is 0 Å². The molecule has 6 nitrogen and oxygen atoms in total. The number of aliphatic hydroxyl groups is 1.